The van der Waals surface area contributed by atoms with Gasteiger partial charge in [-0.05, 0) is 42.5 Å². The molecule has 6 nitrogen and oxygen atoms in total. The number of hydrogen-bond acceptors (Lipinski definition) is 5. The molecule has 3 heterocycles. The highest BCUT2D eigenvalue weighted by molar-refractivity contribution is 5.91. The molecule has 3 aromatic rings. The van der Waals surface area contributed by atoms with E-state index in [9.17, 15) is 0 Å². The molecule has 0 unspecified atom stereocenters. The molecule has 1 aromatic carbocycles. The van der Waals surface area contributed by atoms with Gasteiger partial charge >= 0.3 is 0 Å². The first-order chi connectivity index (χ1) is 12.2. The third kappa shape index (κ3) is 3.30. The summed E-state index contributed by atoms with van der Waals surface area (Å²) in [4.78, 5) is 14.6. The van der Waals surface area contributed by atoms with E-state index in [1.54, 1.807) is 6.33 Å². The van der Waals surface area contributed by atoms with Crippen molar-refractivity contribution in [1.29, 1.82) is 0 Å². The van der Waals surface area contributed by atoms with E-state index in [-0.39, 0.29) is 0 Å². The third-order valence-electron chi connectivity index (χ3n) is 4.86. The quantitative estimate of drug-likeness (QED) is 0.715. The molecule has 0 bridgehead atoms. The predicted octanol–water partition coefficient (Wildman–Crippen LogP) is 3.07. The predicted molar refractivity (Wildman–Crippen MR) is 101 cm³/mol. The molecule has 0 radical (unpaired) electrons. The summed E-state index contributed by atoms with van der Waals surface area (Å²) >= 11 is 0. The molecule has 1 aliphatic rings. The van der Waals surface area contributed by atoms with Gasteiger partial charge in [0.15, 0.2) is 0 Å². The zero-order chi connectivity index (χ0) is 17.2. The van der Waals surface area contributed by atoms with Crippen molar-refractivity contribution in [2.45, 2.75) is 12.8 Å². The Bertz CT molecular complexity index is 852. The van der Waals surface area contributed by atoms with Gasteiger partial charge < -0.3 is 20.4 Å². The van der Waals surface area contributed by atoms with E-state index in [2.05, 4.69) is 33.0 Å². The first-order valence-electron chi connectivity index (χ1n) is 8.69. The molecule has 1 fully saturated rings. The number of ether oxygens (including phenoxy) is 1. The number of nitrogens with one attached hydrogen (secondary N) is 1. The molecular weight excluding hydrogens is 314 g/mol. The van der Waals surface area contributed by atoms with Gasteiger partial charge in [0.1, 0.15) is 17.8 Å². The van der Waals surface area contributed by atoms with Gasteiger partial charge in [0.2, 0.25) is 0 Å². The second-order valence-corrected chi connectivity index (χ2v) is 6.70. The van der Waals surface area contributed by atoms with Gasteiger partial charge in [0.25, 0.3) is 0 Å². The summed E-state index contributed by atoms with van der Waals surface area (Å²) in [5.74, 6) is 1.62. The van der Waals surface area contributed by atoms with Crippen molar-refractivity contribution < 1.29 is 4.74 Å². The largest absolute Gasteiger partial charge is 0.399 e. The number of anilines is 2. The smallest absolute Gasteiger partial charge is 0.143 e. The average Bonchev–Trinajstić information content (AvgIpc) is 3.07. The highest BCUT2D eigenvalue weighted by Crippen LogP contribution is 2.29. The lowest BCUT2D eigenvalue weighted by molar-refractivity contribution is 0.0685. The molecule has 0 atom stereocenters. The number of aromatic nitrogens is 3. The molecule has 1 saturated heterocycles. The van der Waals surface area contributed by atoms with Crippen molar-refractivity contribution in [3.8, 4) is 11.3 Å². The maximum atomic E-state index is 5.78. The maximum absolute atomic E-state index is 5.78. The lowest BCUT2D eigenvalue weighted by atomic mass is 10.00. The van der Waals surface area contributed by atoms with Crippen molar-refractivity contribution in [3.05, 3.63) is 36.7 Å². The maximum Gasteiger partial charge on any atom is 0.143 e. The van der Waals surface area contributed by atoms with Crippen LogP contribution in [0.4, 0.5) is 11.5 Å². The highest BCUT2D eigenvalue weighted by atomic mass is 16.5. The molecule has 6 heteroatoms. The second kappa shape index (κ2) is 6.72. The number of benzene rings is 1. The Kier molecular flexibility index (Phi) is 4.28. The van der Waals surface area contributed by atoms with Crippen molar-refractivity contribution in [1.82, 2.24) is 15.0 Å². The molecule has 0 saturated carbocycles. The number of nitrogens with two attached hydrogens (primary N) is 1. The van der Waals surface area contributed by atoms with E-state index in [1.165, 1.54) is 0 Å². The molecule has 130 valence electrons. The van der Waals surface area contributed by atoms with Crippen LogP contribution in [0.2, 0.25) is 0 Å². The van der Waals surface area contributed by atoms with E-state index >= 15 is 0 Å². The fourth-order valence-corrected chi connectivity index (χ4v) is 3.45. The third-order valence-corrected chi connectivity index (χ3v) is 4.86. The lowest BCUT2D eigenvalue weighted by Crippen LogP contribution is -2.30. The van der Waals surface area contributed by atoms with Gasteiger partial charge in [-0.2, -0.15) is 0 Å². The normalized spacial score (nSPS) is 15.6. The molecule has 0 spiro atoms. The van der Waals surface area contributed by atoms with Gasteiger partial charge in [0, 0.05) is 38.2 Å². The summed E-state index contributed by atoms with van der Waals surface area (Å²) < 4.78 is 5.46. The average molecular weight is 337 g/mol. The van der Waals surface area contributed by atoms with Crippen molar-refractivity contribution in [3.63, 3.8) is 0 Å². The Morgan fingerprint density at radius 3 is 2.72 bits per heavy atom. The van der Waals surface area contributed by atoms with Gasteiger partial charge in [-0.1, -0.05) is 12.1 Å². The van der Waals surface area contributed by atoms with Crippen LogP contribution in [0.5, 0.6) is 0 Å². The molecule has 3 N–H and O–H groups in total. The molecule has 2 aromatic heterocycles. The molecule has 25 heavy (non-hydrogen) atoms. The van der Waals surface area contributed by atoms with Gasteiger partial charge in [-0.15, -0.1) is 0 Å². The van der Waals surface area contributed by atoms with Crippen LogP contribution in [0, 0.1) is 5.92 Å². The van der Waals surface area contributed by atoms with Crippen LogP contribution >= 0.6 is 0 Å². The van der Waals surface area contributed by atoms with E-state index in [1.807, 2.05) is 24.3 Å². The summed E-state index contributed by atoms with van der Waals surface area (Å²) in [7, 11) is 2.10. The van der Waals surface area contributed by atoms with Crippen LogP contribution in [0.3, 0.4) is 0 Å². The molecule has 0 amide bonds. The van der Waals surface area contributed by atoms with Crippen LogP contribution < -0.4 is 10.6 Å². The molecule has 4 rings (SSSR count). The molecular formula is C19H23N5O. The van der Waals surface area contributed by atoms with Crippen molar-refractivity contribution in [2.75, 3.05) is 37.4 Å². The Labute approximate surface area is 147 Å². The zero-order valence-electron chi connectivity index (χ0n) is 14.4. The lowest BCUT2D eigenvalue weighted by Gasteiger charge is -2.27. The van der Waals surface area contributed by atoms with Crippen molar-refractivity contribution in [2.24, 2.45) is 5.92 Å². The number of hydrogen-bond donors (Lipinski definition) is 2. The van der Waals surface area contributed by atoms with Crippen LogP contribution in [0.25, 0.3) is 22.3 Å². The summed E-state index contributed by atoms with van der Waals surface area (Å²) in [6, 6.07) is 9.96. The highest BCUT2D eigenvalue weighted by Gasteiger charge is 2.19. The minimum Gasteiger partial charge on any atom is -0.399 e. The standard InChI is InChI=1S/C19H23N5O/c1-24(11-13-6-8-25-9-7-13)19-16-10-17(23-18(16)21-12-22-19)14-2-4-15(20)5-3-14/h2-5,10,12-13H,6-9,11,20H2,1H3,(H,21,22,23). The topological polar surface area (TPSA) is 80.1 Å². The number of rotatable bonds is 4. The van der Waals surface area contributed by atoms with Crippen LogP contribution in [-0.4, -0.2) is 41.8 Å². The number of nitrogens with zero attached hydrogens (tertiary/aromatic N) is 3. The van der Waals surface area contributed by atoms with Crippen molar-refractivity contribution >= 4 is 22.5 Å². The zero-order valence-corrected chi connectivity index (χ0v) is 14.4. The first kappa shape index (κ1) is 15.9. The first-order valence-corrected chi connectivity index (χ1v) is 8.69. The van der Waals surface area contributed by atoms with E-state index in [0.717, 1.165) is 66.4 Å². The SMILES string of the molecule is CN(CC1CCOCC1)c1ncnc2[nH]c(-c3ccc(N)cc3)cc12. The molecule has 0 aliphatic carbocycles. The van der Waals surface area contributed by atoms with Gasteiger partial charge in [-0.25, -0.2) is 9.97 Å². The van der Waals surface area contributed by atoms with Crippen LogP contribution in [0.1, 0.15) is 12.8 Å². The Morgan fingerprint density at radius 2 is 1.96 bits per heavy atom. The Balaban J connectivity index is 1.63. The fourth-order valence-electron chi connectivity index (χ4n) is 3.45. The fraction of sp³-hybridized carbons (Fsp3) is 0.368. The number of nitrogen functional groups attached to an aromatic ring is 1. The number of H-pyrrole nitrogens is 1. The monoisotopic (exact) mass is 337 g/mol. The summed E-state index contributed by atoms with van der Waals surface area (Å²) in [5.41, 5.74) is 9.51. The second-order valence-electron chi connectivity index (χ2n) is 6.70. The Hall–Kier alpha value is -2.60. The van der Waals surface area contributed by atoms with Gasteiger partial charge in [-0.3, -0.25) is 0 Å². The number of fused-ring (bicyclic) bond motifs is 1. The van der Waals surface area contributed by atoms with Crippen LogP contribution in [0.15, 0.2) is 36.7 Å². The Morgan fingerprint density at radius 1 is 1.20 bits per heavy atom. The molecule has 1 aliphatic heterocycles. The minimum atomic E-state index is 0.652. The van der Waals surface area contributed by atoms with Crippen LogP contribution in [-0.2, 0) is 4.74 Å². The summed E-state index contributed by atoms with van der Waals surface area (Å²) in [5, 5.41) is 1.05. The van der Waals surface area contributed by atoms with E-state index in [0.29, 0.717) is 5.92 Å². The summed E-state index contributed by atoms with van der Waals surface area (Å²) in [6.07, 6.45) is 3.85. The van der Waals surface area contributed by atoms with E-state index < -0.39 is 0 Å². The minimum absolute atomic E-state index is 0.652. The summed E-state index contributed by atoms with van der Waals surface area (Å²) in [6.45, 7) is 2.71. The number of aromatic amines is 1. The van der Waals surface area contributed by atoms with Gasteiger partial charge in [0.05, 0.1) is 5.39 Å². The van der Waals surface area contributed by atoms with E-state index in [4.69, 9.17) is 10.5 Å².